The van der Waals surface area contributed by atoms with E-state index in [1.807, 2.05) is 0 Å². The second kappa shape index (κ2) is 14.4. The van der Waals surface area contributed by atoms with Gasteiger partial charge in [0.15, 0.2) is 5.78 Å². The van der Waals surface area contributed by atoms with Gasteiger partial charge >= 0.3 is 0 Å². The van der Waals surface area contributed by atoms with Crippen LogP contribution in [0.4, 0.5) is 0 Å². The third-order valence-corrected chi connectivity index (χ3v) is 8.83. The van der Waals surface area contributed by atoms with Crippen molar-refractivity contribution in [2.24, 2.45) is 0 Å². The summed E-state index contributed by atoms with van der Waals surface area (Å²) < 4.78 is 0. The van der Waals surface area contributed by atoms with Crippen molar-refractivity contribution in [1.29, 1.82) is 0 Å². The maximum Gasteiger partial charge on any atom is 0.158 e. The van der Waals surface area contributed by atoms with Gasteiger partial charge in [-0.05, 0) is 51.1 Å². The minimum atomic E-state index is -0.0561. The maximum absolute atomic E-state index is 10.5. The summed E-state index contributed by atoms with van der Waals surface area (Å²) in [5, 5.41) is 9.96. The van der Waals surface area contributed by atoms with Gasteiger partial charge in [0.05, 0.1) is 11.3 Å². The number of carbonyl (C=O) groups excluding carboxylic acids is 1. The van der Waals surface area contributed by atoms with Crippen LogP contribution in [0.1, 0.15) is 51.7 Å². The Morgan fingerprint density at radius 1 is 0.723 bits per heavy atom. The monoisotopic (exact) mass is 793 g/mol. The largest absolute Gasteiger partial charge is 0.512 e. The number of benzene rings is 5. The summed E-state index contributed by atoms with van der Waals surface area (Å²) in [5.41, 5.74) is 13.0. The molecular formula is C43H38IrNO2-. The molecule has 3 nitrogen and oxygen atoms in total. The maximum atomic E-state index is 10.5. The van der Waals surface area contributed by atoms with E-state index >= 15 is 0 Å². The van der Waals surface area contributed by atoms with Crippen molar-refractivity contribution >= 4 is 16.7 Å². The molecule has 237 valence electrons. The van der Waals surface area contributed by atoms with E-state index < -0.39 is 0 Å². The Hall–Kier alpha value is -4.63. The Morgan fingerprint density at radius 3 is 2.06 bits per heavy atom. The number of hydrogen-bond acceptors (Lipinski definition) is 3. The molecule has 1 radical (unpaired) electrons. The molecule has 6 aromatic rings. The van der Waals surface area contributed by atoms with E-state index in [0.717, 1.165) is 22.2 Å². The third kappa shape index (κ3) is 6.90. The van der Waals surface area contributed by atoms with Crippen LogP contribution in [0.2, 0.25) is 0 Å². The van der Waals surface area contributed by atoms with Crippen LogP contribution >= 0.6 is 0 Å². The first kappa shape index (κ1) is 33.7. The number of aromatic nitrogens is 1. The van der Waals surface area contributed by atoms with Crippen LogP contribution < -0.4 is 0 Å². The number of aliphatic hydroxyl groups is 1. The average Bonchev–Trinajstić information content (AvgIpc) is 3.34. The number of ketones is 1. The standard InChI is InChI=1S/C36H26N.C7H12O2.Ir/c1-36(2)32-16-10-9-15-28(32)29-19-17-27(22-33(29)36)35-23-30(25-13-7-4-8-14-25)31-21-26(18-20-34(31)37-35)24-11-5-3-6-12-24;1-3-6(8)5-7(9)4-2;/h3-16,18-23H,1-2H3;5,8H,3-4H2,1-2H3;/q-1;;/b;6-5-;. The van der Waals surface area contributed by atoms with Gasteiger partial charge in [-0.2, -0.15) is 0 Å². The molecule has 0 unspecified atom stereocenters. The Morgan fingerprint density at radius 2 is 1.38 bits per heavy atom. The molecule has 0 aliphatic heterocycles. The molecular weight excluding hydrogens is 755 g/mol. The van der Waals surface area contributed by atoms with Crippen molar-refractivity contribution in [1.82, 2.24) is 4.98 Å². The predicted molar refractivity (Wildman–Crippen MR) is 191 cm³/mol. The van der Waals surface area contributed by atoms with E-state index in [9.17, 15) is 4.79 Å². The first-order chi connectivity index (χ1) is 22.3. The van der Waals surface area contributed by atoms with Crippen LogP contribution in [-0.4, -0.2) is 15.9 Å². The summed E-state index contributed by atoms with van der Waals surface area (Å²) in [6.07, 6.45) is 2.27. The number of aliphatic hydroxyl groups excluding tert-OH is 1. The van der Waals surface area contributed by atoms with E-state index in [1.165, 1.54) is 50.6 Å². The van der Waals surface area contributed by atoms with Crippen molar-refractivity contribution in [3.05, 3.63) is 150 Å². The Balaban J connectivity index is 0.000000383. The number of carbonyl (C=O) groups is 1. The van der Waals surface area contributed by atoms with Gasteiger partial charge in [0.25, 0.3) is 0 Å². The number of nitrogens with zero attached hydrogens (tertiary/aromatic N) is 1. The molecule has 0 bridgehead atoms. The van der Waals surface area contributed by atoms with Crippen LogP contribution in [0, 0.1) is 6.07 Å². The van der Waals surface area contributed by atoms with E-state index in [4.69, 9.17) is 10.1 Å². The van der Waals surface area contributed by atoms with Crippen molar-refractivity contribution in [3.63, 3.8) is 0 Å². The van der Waals surface area contributed by atoms with E-state index in [-0.39, 0.29) is 37.1 Å². The summed E-state index contributed by atoms with van der Waals surface area (Å²) in [5.74, 6) is 0.149. The number of fused-ring (bicyclic) bond motifs is 4. The minimum Gasteiger partial charge on any atom is -0.512 e. The fourth-order valence-electron chi connectivity index (χ4n) is 6.21. The van der Waals surface area contributed by atoms with Crippen LogP contribution in [0.25, 0.3) is 55.5 Å². The normalized spacial score (nSPS) is 12.7. The SMILES string of the molecule is CC1(C)c2ccccc2-c2c[c-]c(-c3cc(-c4ccccc4)c4cc(-c5ccccc5)ccc4n3)cc21.CCC(=O)/C=C(\O)CC.[Ir]. The number of pyridine rings is 1. The summed E-state index contributed by atoms with van der Waals surface area (Å²) in [6, 6.07) is 46.8. The third-order valence-electron chi connectivity index (χ3n) is 8.83. The first-order valence-corrected chi connectivity index (χ1v) is 15.9. The van der Waals surface area contributed by atoms with Crippen LogP contribution in [0.15, 0.2) is 133 Å². The average molecular weight is 793 g/mol. The van der Waals surface area contributed by atoms with Crippen molar-refractivity contribution in [2.45, 2.75) is 46.0 Å². The van der Waals surface area contributed by atoms with Crippen LogP contribution in [-0.2, 0) is 30.3 Å². The van der Waals surface area contributed by atoms with E-state index in [1.54, 1.807) is 13.8 Å². The second-order valence-electron chi connectivity index (χ2n) is 12.2. The smallest absolute Gasteiger partial charge is 0.158 e. The summed E-state index contributed by atoms with van der Waals surface area (Å²) in [7, 11) is 0. The summed E-state index contributed by atoms with van der Waals surface area (Å²) in [4.78, 5) is 15.7. The number of hydrogen-bond donors (Lipinski definition) is 1. The molecule has 1 heterocycles. The molecule has 1 aromatic heterocycles. The molecule has 1 N–H and O–H groups in total. The number of rotatable bonds is 6. The zero-order valence-corrected chi connectivity index (χ0v) is 29.6. The molecule has 5 aromatic carbocycles. The quantitative estimate of drug-likeness (QED) is 0.104. The molecule has 0 spiro atoms. The van der Waals surface area contributed by atoms with Gasteiger partial charge < -0.3 is 5.11 Å². The van der Waals surface area contributed by atoms with Gasteiger partial charge in [-0.15, -0.1) is 29.3 Å². The molecule has 0 saturated carbocycles. The topological polar surface area (TPSA) is 50.2 Å². The van der Waals surface area contributed by atoms with Crippen LogP contribution in [0.3, 0.4) is 0 Å². The van der Waals surface area contributed by atoms with E-state index in [2.05, 4.69) is 141 Å². The van der Waals surface area contributed by atoms with E-state index in [0.29, 0.717) is 12.8 Å². The van der Waals surface area contributed by atoms with Crippen molar-refractivity contribution < 1.29 is 30.0 Å². The molecule has 0 atom stereocenters. The van der Waals surface area contributed by atoms with Crippen molar-refractivity contribution in [3.8, 4) is 44.6 Å². The van der Waals surface area contributed by atoms with Gasteiger partial charge in [-0.25, -0.2) is 0 Å². The van der Waals surface area contributed by atoms with Gasteiger partial charge in [-0.3, -0.25) is 9.78 Å². The van der Waals surface area contributed by atoms with Crippen LogP contribution in [0.5, 0.6) is 0 Å². The fraction of sp³-hybridized carbons (Fsp3) is 0.163. The Kier molecular flexibility index (Phi) is 10.3. The molecule has 0 fully saturated rings. The summed E-state index contributed by atoms with van der Waals surface area (Å²) >= 11 is 0. The van der Waals surface area contributed by atoms with Gasteiger partial charge in [0, 0.05) is 44.4 Å². The summed E-state index contributed by atoms with van der Waals surface area (Å²) in [6.45, 7) is 8.20. The first-order valence-electron chi connectivity index (χ1n) is 15.9. The Bertz CT molecular complexity index is 2060. The zero-order chi connectivity index (χ0) is 32.3. The molecule has 4 heteroatoms. The number of allylic oxidation sites excluding steroid dienone is 2. The molecule has 1 aliphatic rings. The second-order valence-corrected chi connectivity index (χ2v) is 12.2. The molecule has 47 heavy (non-hydrogen) atoms. The minimum absolute atomic E-state index is 0. The van der Waals surface area contributed by atoms with Gasteiger partial charge in [0.1, 0.15) is 0 Å². The molecule has 0 amide bonds. The predicted octanol–water partition coefficient (Wildman–Crippen LogP) is 11.2. The van der Waals surface area contributed by atoms with Gasteiger partial charge in [0.2, 0.25) is 0 Å². The zero-order valence-electron chi connectivity index (χ0n) is 27.2. The Labute approximate surface area is 291 Å². The molecule has 7 rings (SSSR count). The van der Waals surface area contributed by atoms with Crippen molar-refractivity contribution in [2.75, 3.05) is 0 Å². The van der Waals surface area contributed by atoms with Gasteiger partial charge in [-0.1, -0.05) is 136 Å². The molecule has 1 aliphatic carbocycles. The fourth-order valence-corrected chi connectivity index (χ4v) is 6.21. The molecule has 0 saturated heterocycles.